The summed E-state index contributed by atoms with van der Waals surface area (Å²) in [5.74, 6) is -5.82. The van der Waals surface area contributed by atoms with Gasteiger partial charge in [-0.05, 0) is 24.3 Å². The second-order valence-electron chi connectivity index (χ2n) is 6.00. The van der Waals surface area contributed by atoms with Gasteiger partial charge in [-0.1, -0.05) is 18.2 Å². The Balaban J connectivity index is 1.75. The van der Waals surface area contributed by atoms with Gasteiger partial charge in [0, 0.05) is 31.6 Å². The quantitative estimate of drug-likeness (QED) is 0.683. The Morgan fingerprint density at radius 1 is 1.04 bits per heavy atom. The molecule has 28 heavy (non-hydrogen) atoms. The summed E-state index contributed by atoms with van der Waals surface area (Å²) in [5, 5.41) is 3.25. The van der Waals surface area contributed by atoms with Crippen molar-refractivity contribution in [3.05, 3.63) is 71.7 Å². The van der Waals surface area contributed by atoms with Gasteiger partial charge in [0.1, 0.15) is 0 Å². The molecule has 8 heteroatoms. The number of nitrogens with one attached hydrogen (secondary N) is 1. The lowest BCUT2D eigenvalue weighted by molar-refractivity contribution is -0.116. The maximum atomic E-state index is 13.7. The largest absolute Gasteiger partial charge is 0.350 e. The first-order valence-corrected chi connectivity index (χ1v) is 8.43. The fourth-order valence-corrected chi connectivity index (χ4v) is 2.83. The molecule has 0 aliphatic heterocycles. The molecule has 5 nitrogen and oxygen atoms in total. The molecule has 0 radical (unpaired) electrons. The van der Waals surface area contributed by atoms with Crippen molar-refractivity contribution in [2.45, 2.75) is 6.92 Å². The molecule has 3 rings (SSSR count). The van der Waals surface area contributed by atoms with Crippen LogP contribution in [0.1, 0.15) is 17.3 Å². The smallest absolute Gasteiger partial charge is 0.254 e. The van der Waals surface area contributed by atoms with E-state index in [1.165, 1.54) is 11.8 Å². The van der Waals surface area contributed by atoms with Gasteiger partial charge in [0.25, 0.3) is 5.91 Å². The number of aromatic nitrogens is 1. The number of halogens is 3. The first-order valence-electron chi connectivity index (χ1n) is 8.43. The number of amides is 2. The minimum atomic E-state index is -1.71. The molecule has 1 heterocycles. The van der Waals surface area contributed by atoms with E-state index < -0.39 is 28.9 Å². The Hall–Kier alpha value is -3.42. The van der Waals surface area contributed by atoms with Gasteiger partial charge in [0.15, 0.2) is 17.5 Å². The van der Waals surface area contributed by atoms with Crippen LogP contribution < -0.4 is 10.2 Å². The topological polar surface area (TPSA) is 62.3 Å². The van der Waals surface area contributed by atoms with Crippen molar-refractivity contribution in [3.8, 4) is 0 Å². The van der Waals surface area contributed by atoms with E-state index in [9.17, 15) is 22.8 Å². The van der Waals surface area contributed by atoms with Crippen LogP contribution in [-0.4, -0.2) is 29.9 Å². The monoisotopic (exact) mass is 387 g/mol. The highest BCUT2D eigenvalue weighted by molar-refractivity contribution is 6.01. The molecule has 144 valence electrons. The standard InChI is InChI=1S/C20H16F3N3O2/c1-12(27)26(16-6-2-4-13-5-3-9-24-19(13)16)11-10-25-20(28)14-7-8-15(21)18(23)17(14)22/h2-9H,10-11H2,1H3,(H,25,28). The predicted molar refractivity (Wildman–Crippen MR) is 98.4 cm³/mol. The molecular formula is C20H16F3N3O2. The van der Waals surface area contributed by atoms with Crippen LogP contribution in [0.2, 0.25) is 0 Å². The Morgan fingerprint density at radius 2 is 1.79 bits per heavy atom. The van der Waals surface area contributed by atoms with E-state index in [1.54, 1.807) is 24.4 Å². The summed E-state index contributed by atoms with van der Waals surface area (Å²) in [6.07, 6.45) is 1.61. The van der Waals surface area contributed by atoms with Gasteiger partial charge in [-0.3, -0.25) is 14.6 Å². The van der Waals surface area contributed by atoms with Gasteiger partial charge < -0.3 is 10.2 Å². The average Bonchev–Trinajstić information content (AvgIpc) is 2.69. The SMILES string of the molecule is CC(=O)N(CCNC(=O)c1ccc(F)c(F)c1F)c1cccc2cccnc12. The predicted octanol–water partition coefficient (Wildman–Crippen LogP) is 3.44. The van der Waals surface area contributed by atoms with Gasteiger partial charge in [0.2, 0.25) is 5.91 Å². The third-order valence-electron chi connectivity index (χ3n) is 4.18. The average molecular weight is 387 g/mol. The van der Waals surface area contributed by atoms with E-state index in [4.69, 9.17) is 0 Å². The van der Waals surface area contributed by atoms with E-state index >= 15 is 0 Å². The molecule has 2 aromatic carbocycles. The fraction of sp³-hybridized carbons (Fsp3) is 0.150. The van der Waals surface area contributed by atoms with Crippen molar-refractivity contribution in [2.24, 2.45) is 0 Å². The Labute approximate surface area is 158 Å². The lowest BCUT2D eigenvalue weighted by Crippen LogP contribution is -2.38. The first-order chi connectivity index (χ1) is 13.4. The van der Waals surface area contributed by atoms with Crippen LogP contribution in [0.15, 0.2) is 48.7 Å². The number of hydrogen-bond donors (Lipinski definition) is 1. The summed E-state index contributed by atoms with van der Waals surface area (Å²) >= 11 is 0. The molecular weight excluding hydrogens is 371 g/mol. The number of anilines is 1. The highest BCUT2D eigenvalue weighted by atomic mass is 19.2. The van der Waals surface area contributed by atoms with E-state index in [-0.39, 0.29) is 19.0 Å². The number of fused-ring (bicyclic) bond motifs is 1. The number of para-hydroxylation sites is 1. The van der Waals surface area contributed by atoms with Gasteiger partial charge in [-0.2, -0.15) is 0 Å². The number of benzene rings is 2. The van der Waals surface area contributed by atoms with Gasteiger partial charge >= 0.3 is 0 Å². The van der Waals surface area contributed by atoms with Crippen LogP contribution in [0.3, 0.4) is 0 Å². The van der Waals surface area contributed by atoms with Crippen LogP contribution in [0.4, 0.5) is 18.9 Å². The zero-order valence-electron chi connectivity index (χ0n) is 14.9. The third-order valence-corrected chi connectivity index (χ3v) is 4.18. The molecule has 3 aromatic rings. The Kier molecular flexibility index (Phi) is 5.58. The minimum Gasteiger partial charge on any atom is -0.350 e. The Morgan fingerprint density at radius 3 is 2.54 bits per heavy atom. The van der Waals surface area contributed by atoms with Crippen molar-refractivity contribution >= 4 is 28.4 Å². The van der Waals surface area contributed by atoms with Crippen LogP contribution in [-0.2, 0) is 4.79 Å². The number of rotatable bonds is 5. The van der Waals surface area contributed by atoms with Crippen molar-refractivity contribution in [1.29, 1.82) is 0 Å². The van der Waals surface area contributed by atoms with Crippen LogP contribution >= 0.6 is 0 Å². The van der Waals surface area contributed by atoms with E-state index in [0.717, 1.165) is 11.5 Å². The third kappa shape index (κ3) is 3.80. The number of hydrogen-bond acceptors (Lipinski definition) is 3. The summed E-state index contributed by atoms with van der Waals surface area (Å²) in [6, 6.07) is 10.5. The molecule has 0 atom stereocenters. The summed E-state index contributed by atoms with van der Waals surface area (Å²) in [6.45, 7) is 1.43. The number of nitrogens with zero attached hydrogens (tertiary/aromatic N) is 2. The lowest BCUT2D eigenvalue weighted by Gasteiger charge is -2.22. The highest BCUT2D eigenvalue weighted by Gasteiger charge is 2.20. The zero-order valence-corrected chi connectivity index (χ0v) is 14.9. The van der Waals surface area contributed by atoms with Gasteiger partial charge in [-0.25, -0.2) is 13.2 Å². The van der Waals surface area contributed by atoms with E-state index in [2.05, 4.69) is 10.3 Å². The van der Waals surface area contributed by atoms with Gasteiger partial charge in [0.05, 0.1) is 16.8 Å². The summed E-state index contributed by atoms with van der Waals surface area (Å²) in [7, 11) is 0. The van der Waals surface area contributed by atoms with E-state index in [1.807, 2.05) is 12.1 Å². The number of carbonyl (C=O) groups is 2. The molecule has 0 saturated heterocycles. The lowest BCUT2D eigenvalue weighted by atomic mass is 10.1. The van der Waals surface area contributed by atoms with Crippen LogP contribution in [0.5, 0.6) is 0 Å². The molecule has 0 aliphatic carbocycles. The summed E-state index contributed by atoms with van der Waals surface area (Å²) < 4.78 is 40.0. The molecule has 0 fully saturated rings. The molecule has 0 spiro atoms. The maximum Gasteiger partial charge on any atom is 0.254 e. The summed E-state index contributed by atoms with van der Waals surface area (Å²) in [5.41, 5.74) is 0.581. The number of carbonyl (C=O) groups excluding carboxylic acids is 2. The second kappa shape index (κ2) is 8.08. The molecule has 0 bridgehead atoms. The fourth-order valence-electron chi connectivity index (χ4n) is 2.83. The maximum absolute atomic E-state index is 13.7. The van der Waals surface area contributed by atoms with Gasteiger partial charge in [-0.15, -0.1) is 0 Å². The molecule has 1 aromatic heterocycles. The molecule has 0 saturated carbocycles. The Bertz CT molecular complexity index is 1050. The number of pyridine rings is 1. The van der Waals surface area contributed by atoms with Crippen LogP contribution in [0, 0.1) is 17.5 Å². The normalized spacial score (nSPS) is 10.7. The highest BCUT2D eigenvalue weighted by Crippen LogP contribution is 2.24. The van der Waals surface area contributed by atoms with Crippen molar-refractivity contribution in [3.63, 3.8) is 0 Å². The molecule has 0 aliphatic rings. The zero-order chi connectivity index (χ0) is 20.3. The molecule has 0 unspecified atom stereocenters. The van der Waals surface area contributed by atoms with Crippen molar-refractivity contribution < 1.29 is 22.8 Å². The molecule has 2 amide bonds. The van der Waals surface area contributed by atoms with Crippen molar-refractivity contribution in [2.75, 3.05) is 18.0 Å². The second-order valence-corrected chi connectivity index (χ2v) is 6.00. The summed E-state index contributed by atoms with van der Waals surface area (Å²) in [4.78, 5) is 29.9. The first kappa shape index (κ1) is 19.3. The minimum absolute atomic E-state index is 0.0277. The van der Waals surface area contributed by atoms with Crippen LogP contribution in [0.25, 0.3) is 10.9 Å². The van der Waals surface area contributed by atoms with Crippen molar-refractivity contribution in [1.82, 2.24) is 10.3 Å². The molecule has 1 N–H and O–H groups in total. The van der Waals surface area contributed by atoms with E-state index in [0.29, 0.717) is 17.3 Å².